The van der Waals surface area contributed by atoms with Gasteiger partial charge >= 0.3 is 11.9 Å². The Morgan fingerprint density at radius 1 is 1.38 bits per heavy atom. The summed E-state index contributed by atoms with van der Waals surface area (Å²) in [6.45, 7) is 0.397. The Bertz CT molecular complexity index is 242. The van der Waals surface area contributed by atoms with Gasteiger partial charge in [0, 0.05) is 19.4 Å². The lowest BCUT2D eigenvalue weighted by molar-refractivity contribution is -0.157. The minimum atomic E-state index is -0.838. The molecule has 0 spiro atoms. The van der Waals surface area contributed by atoms with E-state index in [1.54, 1.807) is 24.3 Å². The third-order valence-corrected chi connectivity index (χ3v) is 1.50. The maximum Gasteiger partial charge on any atom is 0.397 e. The second-order valence-corrected chi connectivity index (χ2v) is 2.46. The van der Waals surface area contributed by atoms with E-state index in [-0.39, 0.29) is 12.4 Å². The van der Waals surface area contributed by atoms with Gasteiger partial charge in [-0.1, -0.05) is 0 Å². The predicted molar refractivity (Wildman–Crippen MR) is 47.9 cm³/mol. The van der Waals surface area contributed by atoms with Crippen LogP contribution in [-0.2, 0) is 14.3 Å². The van der Waals surface area contributed by atoms with Gasteiger partial charge in [0.2, 0.25) is 0 Å². The van der Waals surface area contributed by atoms with E-state index in [2.05, 4.69) is 4.74 Å². The number of hydrogen-bond acceptors (Lipinski definition) is 4. The van der Waals surface area contributed by atoms with E-state index in [1.807, 2.05) is 0 Å². The third-order valence-electron chi connectivity index (χ3n) is 1.50. The molecule has 1 amide bonds. The SMILES string of the molecule is COC(=O)C(=O)N1C=CN(C)C1.Cl. The number of hydrogen-bond donors (Lipinski definition) is 0. The van der Waals surface area contributed by atoms with E-state index in [9.17, 15) is 9.59 Å². The van der Waals surface area contributed by atoms with Crippen molar-refractivity contribution >= 4 is 24.3 Å². The van der Waals surface area contributed by atoms with Gasteiger partial charge in [0.1, 0.15) is 0 Å². The Kier molecular flexibility index (Phi) is 4.27. The summed E-state index contributed by atoms with van der Waals surface area (Å²) in [5, 5.41) is 0. The average Bonchev–Trinajstić information content (AvgIpc) is 2.49. The number of methoxy groups -OCH3 is 1. The summed E-state index contributed by atoms with van der Waals surface area (Å²) >= 11 is 0. The van der Waals surface area contributed by atoms with Crippen LogP contribution in [-0.4, -0.2) is 42.5 Å². The van der Waals surface area contributed by atoms with Gasteiger partial charge in [-0.25, -0.2) is 4.79 Å². The monoisotopic (exact) mass is 206 g/mol. The molecule has 0 N–H and O–H groups in total. The smallest absolute Gasteiger partial charge is 0.397 e. The van der Waals surface area contributed by atoms with Gasteiger partial charge in [-0.3, -0.25) is 9.69 Å². The van der Waals surface area contributed by atoms with Crippen molar-refractivity contribution < 1.29 is 14.3 Å². The van der Waals surface area contributed by atoms with Crippen molar-refractivity contribution in [1.82, 2.24) is 9.80 Å². The molecule has 1 rings (SSSR count). The molecule has 0 aromatic carbocycles. The van der Waals surface area contributed by atoms with E-state index in [1.165, 1.54) is 12.0 Å². The van der Waals surface area contributed by atoms with Crippen molar-refractivity contribution in [1.29, 1.82) is 0 Å². The van der Waals surface area contributed by atoms with Crippen LogP contribution >= 0.6 is 12.4 Å². The second kappa shape index (κ2) is 4.71. The summed E-state index contributed by atoms with van der Waals surface area (Å²) in [6.07, 6.45) is 3.25. The summed E-state index contributed by atoms with van der Waals surface area (Å²) in [4.78, 5) is 24.9. The van der Waals surface area contributed by atoms with E-state index >= 15 is 0 Å². The zero-order chi connectivity index (χ0) is 9.14. The van der Waals surface area contributed by atoms with Crippen LogP contribution in [0.15, 0.2) is 12.4 Å². The van der Waals surface area contributed by atoms with Crippen LogP contribution in [0.25, 0.3) is 0 Å². The fourth-order valence-electron chi connectivity index (χ4n) is 0.865. The molecule has 0 aliphatic carbocycles. The van der Waals surface area contributed by atoms with Gasteiger partial charge in [0.15, 0.2) is 0 Å². The Morgan fingerprint density at radius 2 is 2.00 bits per heavy atom. The van der Waals surface area contributed by atoms with Crippen molar-refractivity contribution in [2.45, 2.75) is 0 Å². The molecule has 0 saturated carbocycles. The molecule has 0 fully saturated rings. The Labute approximate surface area is 82.3 Å². The van der Waals surface area contributed by atoms with Gasteiger partial charge in [-0.15, -0.1) is 12.4 Å². The highest BCUT2D eigenvalue weighted by atomic mass is 35.5. The quantitative estimate of drug-likeness (QED) is 0.406. The van der Waals surface area contributed by atoms with Gasteiger partial charge < -0.3 is 9.64 Å². The molecule has 0 unspecified atom stereocenters. The summed E-state index contributed by atoms with van der Waals surface area (Å²) in [6, 6.07) is 0. The fourth-order valence-corrected chi connectivity index (χ4v) is 0.865. The van der Waals surface area contributed by atoms with Crippen molar-refractivity contribution in [2.75, 3.05) is 20.8 Å². The van der Waals surface area contributed by atoms with Crippen LogP contribution in [0.1, 0.15) is 0 Å². The minimum absolute atomic E-state index is 0. The molecule has 6 heteroatoms. The summed E-state index contributed by atoms with van der Waals surface area (Å²) < 4.78 is 4.28. The number of carbonyl (C=O) groups excluding carboxylic acids is 2. The average molecular weight is 207 g/mol. The number of carbonyl (C=O) groups is 2. The number of ether oxygens (including phenoxy) is 1. The number of amides is 1. The molecular weight excluding hydrogens is 196 g/mol. The fraction of sp³-hybridized carbons (Fsp3) is 0.429. The largest absolute Gasteiger partial charge is 0.462 e. The Morgan fingerprint density at radius 3 is 2.38 bits per heavy atom. The number of rotatable bonds is 0. The van der Waals surface area contributed by atoms with E-state index in [0.717, 1.165) is 0 Å². The minimum Gasteiger partial charge on any atom is -0.462 e. The molecule has 0 aromatic rings. The first-order valence-electron chi connectivity index (χ1n) is 3.42. The second-order valence-electron chi connectivity index (χ2n) is 2.46. The number of nitrogens with zero attached hydrogens (tertiary/aromatic N) is 2. The Balaban J connectivity index is 0.00000144. The lowest BCUT2D eigenvalue weighted by atomic mass is 10.5. The van der Waals surface area contributed by atoms with Crippen LogP contribution in [0.3, 0.4) is 0 Å². The molecule has 0 aromatic heterocycles. The van der Waals surface area contributed by atoms with Crippen LogP contribution in [0, 0.1) is 0 Å². The lowest BCUT2D eigenvalue weighted by Crippen LogP contribution is -2.34. The molecule has 1 aliphatic heterocycles. The molecule has 0 bridgehead atoms. The molecule has 13 heavy (non-hydrogen) atoms. The van der Waals surface area contributed by atoms with E-state index in [0.29, 0.717) is 6.67 Å². The summed E-state index contributed by atoms with van der Waals surface area (Å²) in [5.41, 5.74) is 0. The van der Waals surface area contributed by atoms with Crippen LogP contribution in [0.5, 0.6) is 0 Å². The zero-order valence-electron chi connectivity index (χ0n) is 7.39. The zero-order valence-corrected chi connectivity index (χ0v) is 8.21. The van der Waals surface area contributed by atoms with Gasteiger partial charge in [-0.05, 0) is 0 Å². The van der Waals surface area contributed by atoms with Gasteiger partial charge in [0.25, 0.3) is 0 Å². The van der Waals surface area contributed by atoms with Crippen molar-refractivity contribution in [3.63, 3.8) is 0 Å². The topological polar surface area (TPSA) is 49.9 Å². The first kappa shape index (κ1) is 11.8. The van der Waals surface area contributed by atoms with Crippen LogP contribution in [0.4, 0.5) is 0 Å². The summed E-state index contributed by atoms with van der Waals surface area (Å²) in [7, 11) is 2.99. The lowest BCUT2D eigenvalue weighted by Gasteiger charge is -2.14. The van der Waals surface area contributed by atoms with E-state index < -0.39 is 11.9 Å². The van der Waals surface area contributed by atoms with Crippen LogP contribution in [0.2, 0.25) is 0 Å². The highest BCUT2D eigenvalue weighted by Crippen LogP contribution is 2.03. The highest BCUT2D eigenvalue weighted by Gasteiger charge is 2.23. The molecule has 0 saturated heterocycles. The molecular formula is C7H11ClN2O3. The maximum absolute atomic E-state index is 11.1. The third kappa shape index (κ3) is 2.62. The maximum atomic E-state index is 11.1. The van der Waals surface area contributed by atoms with Crippen molar-refractivity contribution in [3.8, 4) is 0 Å². The number of halogens is 1. The van der Waals surface area contributed by atoms with Gasteiger partial charge in [-0.2, -0.15) is 0 Å². The predicted octanol–water partition coefficient (Wildman–Crippen LogP) is -0.216. The Hall–Kier alpha value is -1.23. The van der Waals surface area contributed by atoms with Gasteiger partial charge in [0.05, 0.1) is 13.8 Å². The van der Waals surface area contributed by atoms with Crippen molar-refractivity contribution in [2.24, 2.45) is 0 Å². The normalized spacial score (nSPS) is 14.0. The molecule has 1 heterocycles. The molecule has 74 valence electrons. The molecule has 0 atom stereocenters. The summed E-state index contributed by atoms with van der Waals surface area (Å²) in [5.74, 6) is -1.48. The highest BCUT2D eigenvalue weighted by molar-refractivity contribution is 6.32. The first-order chi connectivity index (χ1) is 5.65. The molecule has 5 nitrogen and oxygen atoms in total. The number of esters is 1. The molecule has 1 aliphatic rings. The standard InChI is InChI=1S/C7H10N2O3.ClH/c1-8-3-4-9(5-8)6(10)7(11)12-2;/h3-4H,5H2,1-2H3;1H. The first-order valence-corrected chi connectivity index (χ1v) is 3.42. The van der Waals surface area contributed by atoms with E-state index in [4.69, 9.17) is 0 Å². The molecule has 0 radical (unpaired) electrons. The van der Waals surface area contributed by atoms with Crippen LogP contribution < -0.4 is 0 Å². The van der Waals surface area contributed by atoms with Crippen molar-refractivity contribution in [3.05, 3.63) is 12.4 Å².